The molecule has 3 unspecified atom stereocenters. The molecule has 0 saturated carbocycles. The summed E-state index contributed by atoms with van der Waals surface area (Å²) >= 11 is 6.46. The number of aliphatic carboxylic acids is 1. The second-order valence-corrected chi connectivity index (χ2v) is 8.61. The van der Waals surface area contributed by atoms with E-state index in [1.807, 2.05) is 32.0 Å². The van der Waals surface area contributed by atoms with Crippen LogP contribution < -0.4 is 5.32 Å². The maximum Gasteiger partial charge on any atom is 0.328 e. The number of carbonyl (C=O) groups is 3. The summed E-state index contributed by atoms with van der Waals surface area (Å²) < 4.78 is 0. The van der Waals surface area contributed by atoms with Crippen LogP contribution in [0.5, 0.6) is 0 Å². The van der Waals surface area contributed by atoms with Crippen LogP contribution in [-0.2, 0) is 20.8 Å². The highest BCUT2D eigenvalue weighted by molar-refractivity contribution is 6.31. The third kappa shape index (κ3) is 5.46. The fourth-order valence-electron chi connectivity index (χ4n) is 4.19. The Kier molecular flexibility index (Phi) is 7.27. The van der Waals surface area contributed by atoms with Gasteiger partial charge in [-0.2, -0.15) is 0 Å². The summed E-state index contributed by atoms with van der Waals surface area (Å²) in [6, 6.07) is 6.26. The quantitative estimate of drug-likeness (QED) is 0.442. The van der Waals surface area contributed by atoms with Crippen molar-refractivity contribution in [2.45, 2.75) is 64.5 Å². The molecule has 1 aromatic rings. The van der Waals surface area contributed by atoms with Crippen LogP contribution in [0.25, 0.3) is 0 Å². The van der Waals surface area contributed by atoms with Gasteiger partial charge in [-0.25, -0.2) is 4.79 Å². The van der Waals surface area contributed by atoms with Crippen LogP contribution in [0.4, 0.5) is 0 Å². The minimum atomic E-state index is -1.12. The van der Waals surface area contributed by atoms with E-state index in [2.05, 4.69) is 5.32 Å². The summed E-state index contributed by atoms with van der Waals surface area (Å²) in [5.74, 6) is -1.30. The Bertz CT molecular complexity index is 918. The first-order valence-corrected chi connectivity index (χ1v) is 10.9. The van der Waals surface area contributed by atoms with Gasteiger partial charge in [0.1, 0.15) is 0 Å². The van der Waals surface area contributed by atoms with Crippen molar-refractivity contribution in [1.82, 2.24) is 5.32 Å². The lowest BCUT2D eigenvalue weighted by Crippen LogP contribution is -2.14. The van der Waals surface area contributed by atoms with Crippen LogP contribution in [0, 0.1) is 5.92 Å². The van der Waals surface area contributed by atoms with Crippen LogP contribution >= 0.6 is 11.6 Å². The smallest absolute Gasteiger partial charge is 0.328 e. The van der Waals surface area contributed by atoms with Crippen molar-refractivity contribution in [2.75, 3.05) is 0 Å². The average molecular weight is 430 g/mol. The third-order valence-corrected chi connectivity index (χ3v) is 6.49. The summed E-state index contributed by atoms with van der Waals surface area (Å²) in [5.41, 5.74) is 4.20. The molecule has 3 rings (SSSR count). The number of carboxylic acids is 1. The zero-order chi connectivity index (χ0) is 21.8. The Hall–Kier alpha value is -2.24. The second-order valence-electron chi connectivity index (χ2n) is 8.20. The molecule has 1 heterocycles. The Balaban J connectivity index is 1.69. The molecule has 1 aromatic carbocycles. The largest absolute Gasteiger partial charge is 0.478 e. The van der Waals surface area contributed by atoms with E-state index in [1.165, 1.54) is 5.57 Å². The first-order valence-electron chi connectivity index (χ1n) is 10.5. The van der Waals surface area contributed by atoms with Crippen molar-refractivity contribution in [3.63, 3.8) is 0 Å². The zero-order valence-corrected chi connectivity index (χ0v) is 18.2. The fourth-order valence-corrected chi connectivity index (χ4v) is 4.43. The lowest BCUT2D eigenvalue weighted by atomic mass is 9.88. The van der Waals surface area contributed by atoms with Gasteiger partial charge in [-0.15, -0.1) is 0 Å². The van der Waals surface area contributed by atoms with E-state index < -0.39 is 5.97 Å². The van der Waals surface area contributed by atoms with Crippen molar-refractivity contribution >= 4 is 29.1 Å². The molecule has 160 valence electrons. The van der Waals surface area contributed by atoms with Crippen LogP contribution in [0.3, 0.4) is 0 Å². The summed E-state index contributed by atoms with van der Waals surface area (Å²) in [5, 5.41) is 12.9. The Labute approximate surface area is 182 Å². The number of ketones is 2. The predicted octanol–water partition coefficient (Wildman–Crippen LogP) is 4.59. The van der Waals surface area contributed by atoms with E-state index in [9.17, 15) is 14.4 Å². The molecule has 0 aromatic heterocycles. The standard InChI is InChI=1S/C24H28ClNO4/c1-3-16(22(28)9-10-23(29)30)11-15-7-8-19(25)18(12-15)24-20(26-24)13-17-5-4-6-21(27)14(17)2/h7-10,12,16,20,24,26H,3-6,11,13H2,1-2H3,(H,29,30). The molecular formula is C24H28ClNO4. The highest BCUT2D eigenvalue weighted by Crippen LogP contribution is 2.40. The van der Waals surface area contributed by atoms with Gasteiger partial charge in [-0.3, -0.25) is 9.59 Å². The van der Waals surface area contributed by atoms with Gasteiger partial charge in [-0.05, 0) is 67.9 Å². The van der Waals surface area contributed by atoms with Gasteiger partial charge in [0.2, 0.25) is 0 Å². The van der Waals surface area contributed by atoms with Crippen molar-refractivity contribution < 1.29 is 19.5 Å². The van der Waals surface area contributed by atoms with E-state index in [1.54, 1.807) is 0 Å². The number of nitrogens with one attached hydrogen (secondary N) is 1. The first kappa shape index (κ1) is 22.4. The van der Waals surface area contributed by atoms with Crippen LogP contribution in [0.2, 0.25) is 5.02 Å². The van der Waals surface area contributed by atoms with Gasteiger partial charge in [0.25, 0.3) is 0 Å². The Morgan fingerprint density at radius 2 is 2.07 bits per heavy atom. The maximum atomic E-state index is 12.3. The van der Waals surface area contributed by atoms with E-state index >= 15 is 0 Å². The van der Waals surface area contributed by atoms with Crippen molar-refractivity contribution in [3.05, 3.63) is 57.6 Å². The molecule has 5 nitrogen and oxygen atoms in total. The van der Waals surface area contributed by atoms with Gasteiger partial charge in [0.15, 0.2) is 11.6 Å². The molecule has 30 heavy (non-hydrogen) atoms. The van der Waals surface area contributed by atoms with Gasteiger partial charge >= 0.3 is 5.97 Å². The molecule has 1 saturated heterocycles. The van der Waals surface area contributed by atoms with Crippen LogP contribution in [-0.4, -0.2) is 28.7 Å². The zero-order valence-electron chi connectivity index (χ0n) is 17.4. The van der Waals surface area contributed by atoms with E-state index in [-0.39, 0.29) is 29.6 Å². The number of halogens is 1. The number of carbonyl (C=O) groups excluding carboxylic acids is 2. The van der Waals surface area contributed by atoms with E-state index in [4.69, 9.17) is 16.7 Å². The maximum absolute atomic E-state index is 12.3. The second kappa shape index (κ2) is 9.71. The molecular weight excluding hydrogens is 402 g/mol. The molecule has 0 bridgehead atoms. The lowest BCUT2D eigenvalue weighted by molar-refractivity contribution is -0.131. The van der Waals surface area contributed by atoms with Gasteiger partial charge < -0.3 is 10.4 Å². The fraction of sp³-hybridized carbons (Fsp3) is 0.458. The van der Waals surface area contributed by atoms with E-state index in [0.29, 0.717) is 24.3 Å². The monoisotopic (exact) mass is 429 g/mol. The number of rotatable bonds is 9. The summed E-state index contributed by atoms with van der Waals surface area (Å²) in [7, 11) is 0. The van der Waals surface area contributed by atoms with Gasteiger partial charge in [-0.1, -0.05) is 36.2 Å². The molecule has 2 N–H and O–H groups in total. The van der Waals surface area contributed by atoms with E-state index in [0.717, 1.165) is 48.1 Å². The SMILES string of the molecule is CCC(Cc1ccc(Cl)c(C2NC2CC2=C(C)C(=O)CCC2)c1)C(=O)C=CC(=O)O. The summed E-state index contributed by atoms with van der Waals surface area (Å²) in [6.45, 7) is 3.86. The normalized spacial score (nSPS) is 22.4. The summed E-state index contributed by atoms with van der Waals surface area (Å²) in [4.78, 5) is 34.9. The minimum absolute atomic E-state index is 0.150. The molecule has 2 aliphatic rings. The Morgan fingerprint density at radius 1 is 1.30 bits per heavy atom. The highest BCUT2D eigenvalue weighted by atomic mass is 35.5. The number of hydrogen-bond acceptors (Lipinski definition) is 4. The number of hydrogen-bond donors (Lipinski definition) is 2. The number of carboxylic acid groups (broad SMARTS) is 1. The lowest BCUT2D eigenvalue weighted by Gasteiger charge is -2.16. The molecule has 0 amide bonds. The summed E-state index contributed by atoms with van der Waals surface area (Å²) in [6.07, 6.45) is 6.65. The van der Waals surface area contributed by atoms with Crippen LogP contribution in [0.15, 0.2) is 41.5 Å². The average Bonchev–Trinajstić information content (AvgIpc) is 3.47. The highest BCUT2D eigenvalue weighted by Gasteiger charge is 2.39. The third-order valence-electron chi connectivity index (χ3n) is 6.15. The number of Topliss-reactive ketones (excluding diaryl/α,β-unsaturated/α-hetero) is 1. The molecule has 6 heteroatoms. The van der Waals surface area contributed by atoms with Gasteiger partial charge in [0, 0.05) is 35.5 Å². The molecule has 1 fully saturated rings. The molecule has 0 spiro atoms. The minimum Gasteiger partial charge on any atom is -0.478 e. The molecule has 3 atom stereocenters. The van der Waals surface area contributed by atoms with Crippen molar-refractivity contribution in [1.29, 1.82) is 0 Å². The number of allylic oxidation sites excluding steroid dienone is 2. The van der Waals surface area contributed by atoms with Gasteiger partial charge in [0.05, 0.1) is 0 Å². The van der Waals surface area contributed by atoms with Crippen LogP contribution in [0.1, 0.15) is 63.1 Å². The predicted molar refractivity (Wildman–Crippen MR) is 117 cm³/mol. The van der Waals surface area contributed by atoms with Crippen molar-refractivity contribution in [2.24, 2.45) is 5.92 Å². The Morgan fingerprint density at radius 3 is 2.77 bits per heavy atom. The molecule has 0 radical (unpaired) electrons. The first-order chi connectivity index (χ1) is 14.3. The number of benzene rings is 1. The molecule has 1 aliphatic carbocycles. The topological polar surface area (TPSA) is 93.4 Å². The van der Waals surface area contributed by atoms with Crippen molar-refractivity contribution in [3.8, 4) is 0 Å². The molecule has 1 aliphatic heterocycles.